The number of hydrogen-bond donors (Lipinski definition) is 0. The zero-order valence-corrected chi connectivity index (χ0v) is 23.8. The van der Waals surface area contributed by atoms with E-state index in [0.29, 0.717) is 35.4 Å². The van der Waals surface area contributed by atoms with Gasteiger partial charge in [0.1, 0.15) is 6.33 Å². The number of imidazole rings is 1. The highest BCUT2D eigenvalue weighted by Gasteiger charge is 2.71. The molecule has 1 aromatic heterocycles. The summed E-state index contributed by atoms with van der Waals surface area (Å²) in [5.41, 5.74) is 1.06. The van der Waals surface area contributed by atoms with Crippen LogP contribution in [0.4, 0.5) is 0 Å². The van der Waals surface area contributed by atoms with Gasteiger partial charge in [0.25, 0.3) is 0 Å². The molecule has 9 atom stereocenters. The van der Waals surface area contributed by atoms with E-state index in [9.17, 15) is 9.59 Å². The SMILES string of the molecule is C=C(C)[C@@H]1CC[C@]2(C(=O)n3ccnc3)CC[C@]3(C)C(CCC4[C@@]5(C)C=CC(=O)C(C)(C)C5CC[C@]43C)C12. The smallest absolute Gasteiger partial charge is 0.238 e. The van der Waals surface area contributed by atoms with Crippen molar-refractivity contribution in [3.05, 3.63) is 43.0 Å². The van der Waals surface area contributed by atoms with Gasteiger partial charge in [0.2, 0.25) is 5.91 Å². The Bertz CT molecular complexity index is 1180. The number of nitrogens with zero attached hydrogens (tertiary/aromatic N) is 2. The van der Waals surface area contributed by atoms with Gasteiger partial charge in [-0.1, -0.05) is 52.8 Å². The summed E-state index contributed by atoms with van der Waals surface area (Å²) in [6.45, 7) is 18.7. The third-order valence-corrected chi connectivity index (χ3v) is 13.5. The Balaban J connectivity index is 1.43. The van der Waals surface area contributed by atoms with Gasteiger partial charge in [-0.3, -0.25) is 14.2 Å². The molecule has 6 rings (SSSR count). The summed E-state index contributed by atoms with van der Waals surface area (Å²) in [6.07, 6.45) is 18.3. The van der Waals surface area contributed by atoms with E-state index in [1.165, 1.54) is 24.8 Å². The van der Waals surface area contributed by atoms with E-state index >= 15 is 0 Å². The number of carbonyl (C=O) groups excluding carboxylic acids is 2. The average molecular weight is 503 g/mol. The van der Waals surface area contributed by atoms with Crippen molar-refractivity contribution in [2.24, 2.45) is 56.7 Å². The lowest BCUT2D eigenvalue weighted by Crippen LogP contribution is -2.66. The molecule has 4 nitrogen and oxygen atoms in total. The summed E-state index contributed by atoms with van der Waals surface area (Å²) in [7, 11) is 0. The van der Waals surface area contributed by atoms with E-state index in [1.807, 2.05) is 12.3 Å². The molecule has 4 saturated carbocycles. The fourth-order valence-corrected chi connectivity index (χ4v) is 11.4. The van der Waals surface area contributed by atoms with Gasteiger partial charge in [-0.15, -0.1) is 0 Å². The average Bonchev–Trinajstić information content (AvgIpc) is 3.51. The van der Waals surface area contributed by atoms with Gasteiger partial charge in [-0.2, -0.15) is 0 Å². The van der Waals surface area contributed by atoms with Crippen LogP contribution in [0, 0.1) is 56.7 Å². The molecule has 4 unspecified atom stereocenters. The normalized spacial score (nSPS) is 47.9. The summed E-state index contributed by atoms with van der Waals surface area (Å²) >= 11 is 0. The minimum absolute atomic E-state index is 0.0446. The standard InChI is InChI=1S/C33H46N2O2/c1-21(2)22-10-15-33(28(37)35-19-18-34-20-35)17-16-31(6)23(27(22)33)8-9-25-30(5)13-12-26(36)29(3,4)24(30)11-14-32(25,31)7/h12-13,18-20,22-25,27H,1,8-11,14-17H2,2-7H3/t22-,23?,24?,25?,27?,30-,31+,32+,33-/m0/s1. The van der Waals surface area contributed by atoms with Crippen molar-refractivity contribution in [2.75, 3.05) is 0 Å². The Morgan fingerprint density at radius 3 is 2.41 bits per heavy atom. The zero-order chi connectivity index (χ0) is 26.6. The number of aromatic nitrogens is 2. The minimum atomic E-state index is -0.308. The molecule has 0 radical (unpaired) electrons. The predicted octanol–water partition coefficient (Wildman–Crippen LogP) is 7.53. The third-order valence-electron chi connectivity index (χ3n) is 13.5. The van der Waals surface area contributed by atoms with Gasteiger partial charge in [0, 0.05) is 17.8 Å². The van der Waals surface area contributed by atoms with Crippen LogP contribution in [-0.4, -0.2) is 21.2 Å². The molecular formula is C33H46N2O2. The summed E-state index contributed by atoms with van der Waals surface area (Å²) in [6, 6.07) is 0. The molecule has 4 heteroatoms. The first kappa shape index (κ1) is 25.3. The second-order valence-electron chi connectivity index (χ2n) is 14.9. The van der Waals surface area contributed by atoms with Crippen LogP contribution in [0.5, 0.6) is 0 Å². The van der Waals surface area contributed by atoms with Gasteiger partial charge in [-0.05, 0) is 110 Å². The Morgan fingerprint density at radius 1 is 0.973 bits per heavy atom. The van der Waals surface area contributed by atoms with Crippen LogP contribution in [0.25, 0.3) is 0 Å². The molecule has 4 fully saturated rings. The maximum absolute atomic E-state index is 14.2. The molecule has 0 amide bonds. The Hall–Kier alpha value is -1.97. The molecule has 37 heavy (non-hydrogen) atoms. The molecule has 200 valence electrons. The molecule has 1 heterocycles. The highest BCUT2D eigenvalue weighted by atomic mass is 16.2. The Labute approximate surface area is 223 Å². The quantitative estimate of drug-likeness (QED) is 0.393. The van der Waals surface area contributed by atoms with Crippen LogP contribution in [0.2, 0.25) is 0 Å². The van der Waals surface area contributed by atoms with Crippen molar-refractivity contribution in [1.29, 1.82) is 0 Å². The molecule has 0 bridgehead atoms. The first-order valence-electron chi connectivity index (χ1n) is 14.7. The number of ketones is 1. The molecule has 0 N–H and O–H groups in total. The van der Waals surface area contributed by atoms with Gasteiger partial charge in [-0.25, -0.2) is 4.98 Å². The topological polar surface area (TPSA) is 52.0 Å². The number of allylic oxidation sites excluding steroid dienone is 3. The lowest BCUT2D eigenvalue weighted by atomic mass is 9.33. The van der Waals surface area contributed by atoms with E-state index in [-0.39, 0.29) is 33.0 Å². The maximum Gasteiger partial charge on any atom is 0.238 e. The summed E-state index contributed by atoms with van der Waals surface area (Å²) in [4.78, 5) is 31.3. The van der Waals surface area contributed by atoms with E-state index < -0.39 is 0 Å². The lowest BCUT2D eigenvalue weighted by molar-refractivity contribution is -0.213. The van der Waals surface area contributed by atoms with Crippen molar-refractivity contribution in [3.8, 4) is 0 Å². The summed E-state index contributed by atoms with van der Waals surface area (Å²) in [5.74, 6) is 2.80. The van der Waals surface area contributed by atoms with Crippen LogP contribution in [0.3, 0.4) is 0 Å². The van der Waals surface area contributed by atoms with E-state index in [4.69, 9.17) is 0 Å². The Kier molecular flexibility index (Phi) is 5.33. The van der Waals surface area contributed by atoms with Gasteiger partial charge < -0.3 is 0 Å². The summed E-state index contributed by atoms with van der Waals surface area (Å²) in [5, 5.41) is 0. The largest absolute Gasteiger partial charge is 0.294 e. The predicted molar refractivity (Wildman–Crippen MR) is 147 cm³/mol. The highest BCUT2D eigenvalue weighted by Crippen LogP contribution is 2.77. The number of fused-ring (bicyclic) bond motifs is 7. The molecular weight excluding hydrogens is 456 g/mol. The zero-order valence-electron chi connectivity index (χ0n) is 23.8. The van der Waals surface area contributed by atoms with Crippen LogP contribution in [0.1, 0.15) is 97.7 Å². The number of carbonyl (C=O) groups is 2. The van der Waals surface area contributed by atoms with Crippen molar-refractivity contribution in [3.63, 3.8) is 0 Å². The van der Waals surface area contributed by atoms with Crippen LogP contribution < -0.4 is 0 Å². The van der Waals surface area contributed by atoms with Crippen molar-refractivity contribution >= 4 is 11.7 Å². The molecule has 0 aliphatic heterocycles. The Morgan fingerprint density at radius 2 is 1.73 bits per heavy atom. The van der Waals surface area contributed by atoms with E-state index in [2.05, 4.69) is 59.2 Å². The summed E-state index contributed by atoms with van der Waals surface area (Å²) < 4.78 is 1.77. The van der Waals surface area contributed by atoms with Crippen molar-refractivity contribution < 1.29 is 9.59 Å². The minimum Gasteiger partial charge on any atom is -0.294 e. The molecule has 5 aliphatic rings. The molecule has 0 aromatic carbocycles. The third kappa shape index (κ3) is 2.99. The van der Waals surface area contributed by atoms with Gasteiger partial charge in [0.15, 0.2) is 5.78 Å². The maximum atomic E-state index is 14.2. The molecule has 5 aliphatic carbocycles. The molecule has 1 aromatic rings. The van der Waals surface area contributed by atoms with Gasteiger partial charge in [0.05, 0.1) is 5.41 Å². The number of rotatable bonds is 2. The van der Waals surface area contributed by atoms with E-state index in [1.54, 1.807) is 17.1 Å². The first-order valence-corrected chi connectivity index (χ1v) is 14.7. The van der Waals surface area contributed by atoms with Crippen LogP contribution >= 0.6 is 0 Å². The van der Waals surface area contributed by atoms with E-state index in [0.717, 1.165) is 32.1 Å². The highest BCUT2D eigenvalue weighted by molar-refractivity contribution is 5.95. The molecule has 0 saturated heterocycles. The fraction of sp³-hybridized carbons (Fsp3) is 0.727. The molecule has 0 spiro atoms. The number of hydrogen-bond acceptors (Lipinski definition) is 3. The van der Waals surface area contributed by atoms with Gasteiger partial charge >= 0.3 is 0 Å². The second-order valence-corrected chi connectivity index (χ2v) is 14.9. The van der Waals surface area contributed by atoms with Crippen molar-refractivity contribution in [2.45, 2.75) is 92.9 Å². The monoisotopic (exact) mass is 502 g/mol. The van der Waals surface area contributed by atoms with Crippen LogP contribution in [0.15, 0.2) is 43.0 Å². The second kappa shape index (κ2) is 7.79. The van der Waals surface area contributed by atoms with Crippen LogP contribution in [-0.2, 0) is 4.79 Å². The first-order chi connectivity index (χ1) is 17.3. The fourth-order valence-electron chi connectivity index (χ4n) is 11.4. The lowest BCUT2D eigenvalue weighted by Gasteiger charge is -2.71. The van der Waals surface area contributed by atoms with Crippen molar-refractivity contribution in [1.82, 2.24) is 9.55 Å².